The minimum Gasteiger partial charge on any atom is -0.464 e. The van der Waals surface area contributed by atoms with E-state index in [1.807, 2.05) is 31.9 Å². The molecule has 2 aromatic heterocycles. The first-order chi connectivity index (χ1) is 37.9. The highest BCUT2D eigenvalue weighted by Crippen LogP contribution is 2.45. The lowest BCUT2D eigenvalue weighted by Crippen LogP contribution is -2.62. The predicted octanol–water partition coefficient (Wildman–Crippen LogP) is 8.92. The Morgan fingerprint density at radius 1 is 0.911 bits per heavy atom. The number of carbonyl (C=O) groups is 4. The van der Waals surface area contributed by atoms with Crippen LogP contribution in [-0.2, 0) is 48.0 Å². The molecular formula is C63H87N9O7. The molecule has 2 aromatic carbocycles. The fraction of sp³-hybridized carbons (Fsp3) is 0.635. The van der Waals surface area contributed by atoms with E-state index in [9.17, 15) is 9.59 Å². The number of aryl methyl sites for hydroxylation is 1. The Morgan fingerprint density at radius 3 is 2.48 bits per heavy atom. The first-order valence-corrected chi connectivity index (χ1v) is 29.9. The summed E-state index contributed by atoms with van der Waals surface area (Å²) in [7, 11) is 1.75. The molecule has 2 N–H and O–H groups in total. The summed E-state index contributed by atoms with van der Waals surface area (Å²) in [6.45, 7) is 22.5. The number of esters is 1. The van der Waals surface area contributed by atoms with Gasteiger partial charge in [0.1, 0.15) is 17.7 Å². The number of hydrazine groups is 1. The lowest BCUT2D eigenvalue weighted by Gasteiger charge is -2.39. The minimum atomic E-state index is -0.914. The van der Waals surface area contributed by atoms with Crippen LogP contribution < -0.4 is 15.6 Å². The molecular weight excluding hydrogens is 995 g/mol. The molecule has 11 rings (SSSR count). The number of hydrogen-bond acceptors (Lipinski definition) is 12. The van der Waals surface area contributed by atoms with Crippen LogP contribution in [0, 0.1) is 16.7 Å². The zero-order valence-corrected chi connectivity index (χ0v) is 48.4. The van der Waals surface area contributed by atoms with E-state index >= 15 is 9.59 Å². The first-order valence-electron chi connectivity index (χ1n) is 29.9. The number of nitrogens with zero attached hydrogens (tertiary/aromatic N) is 7. The van der Waals surface area contributed by atoms with Crippen molar-refractivity contribution in [1.29, 1.82) is 0 Å². The summed E-state index contributed by atoms with van der Waals surface area (Å²) in [5.41, 5.74) is 11.5. The van der Waals surface area contributed by atoms with Crippen LogP contribution in [0.2, 0.25) is 0 Å². The third-order valence-electron chi connectivity index (χ3n) is 18.7. The Hall–Kier alpha value is -5.55. The average Bonchev–Trinajstić information content (AvgIpc) is 4.48. The Morgan fingerprint density at radius 2 is 1.70 bits per heavy atom. The number of ether oxygens (including phenoxy) is 3. The van der Waals surface area contributed by atoms with E-state index in [4.69, 9.17) is 19.2 Å². The highest BCUT2D eigenvalue weighted by molar-refractivity contribution is 5.96. The van der Waals surface area contributed by atoms with Crippen LogP contribution in [0.4, 0.5) is 10.5 Å². The molecule has 1 saturated carbocycles. The van der Waals surface area contributed by atoms with Crippen molar-refractivity contribution in [1.82, 2.24) is 40.0 Å². The molecule has 16 heteroatoms. The van der Waals surface area contributed by atoms with Gasteiger partial charge in [0.15, 0.2) is 0 Å². The normalized spacial score (nSPS) is 26.1. The van der Waals surface area contributed by atoms with E-state index in [0.717, 1.165) is 121 Å². The van der Waals surface area contributed by atoms with Gasteiger partial charge in [-0.15, -0.1) is 0 Å². The van der Waals surface area contributed by atoms with Crippen molar-refractivity contribution in [2.75, 3.05) is 77.5 Å². The predicted molar refractivity (Wildman–Crippen MR) is 307 cm³/mol. The number of piperazine rings is 1. The van der Waals surface area contributed by atoms with E-state index < -0.39 is 35.1 Å². The lowest BCUT2D eigenvalue weighted by atomic mass is 9.84. The van der Waals surface area contributed by atoms with Gasteiger partial charge >= 0.3 is 12.1 Å². The number of nitrogens with one attached hydrogen (secondary N) is 2. The molecule has 0 radical (unpaired) electrons. The maximum atomic E-state index is 15.3. The third-order valence-corrected chi connectivity index (χ3v) is 18.7. The van der Waals surface area contributed by atoms with Gasteiger partial charge in [-0.3, -0.25) is 34.2 Å². The molecule has 1 spiro atoms. The molecule has 6 fully saturated rings. The zero-order valence-electron chi connectivity index (χ0n) is 48.4. The van der Waals surface area contributed by atoms with E-state index in [1.165, 1.54) is 24.9 Å². The molecule has 426 valence electrons. The van der Waals surface area contributed by atoms with Crippen molar-refractivity contribution in [3.05, 3.63) is 71.5 Å². The number of aromatic nitrogens is 2. The molecule has 16 nitrogen and oxygen atoms in total. The van der Waals surface area contributed by atoms with Crippen LogP contribution in [0.1, 0.15) is 136 Å². The number of amides is 3. The third kappa shape index (κ3) is 11.5. The quantitative estimate of drug-likeness (QED) is 0.154. The summed E-state index contributed by atoms with van der Waals surface area (Å²) in [6.07, 6.45) is 11.7. The second-order valence-corrected chi connectivity index (χ2v) is 26.2. The fourth-order valence-electron chi connectivity index (χ4n) is 14.6. The summed E-state index contributed by atoms with van der Waals surface area (Å²) in [6, 6.07) is 16.0. The van der Waals surface area contributed by atoms with Gasteiger partial charge < -0.3 is 33.9 Å². The van der Waals surface area contributed by atoms with E-state index in [0.29, 0.717) is 51.5 Å². The largest absolute Gasteiger partial charge is 0.464 e. The second-order valence-electron chi connectivity index (χ2n) is 26.2. The van der Waals surface area contributed by atoms with Crippen LogP contribution >= 0.6 is 0 Å². The van der Waals surface area contributed by atoms with Gasteiger partial charge in [0.25, 0.3) is 5.91 Å². The van der Waals surface area contributed by atoms with Crippen molar-refractivity contribution in [2.45, 2.75) is 168 Å². The number of likely N-dealkylation sites (tertiary alicyclic amines) is 2. The molecule has 4 aromatic rings. The molecule has 1 aliphatic carbocycles. The summed E-state index contributed by atoms with van der Waals surface area (Å²) in [4.78, 5) is 72.5. The molecule has 7 aliphatic rings. The van der Waals surface area contributed by atoms with Gasteiger partial charge in [0.05, 0.1) is 42.0 Å². The minimum absolute atomic E-state index is 0.121. The lowest BCUT2D eigenvalue weighted by molar-refractivity contribution is -0.155. The number of anilines is 1. The maximum Gasteiger partial charge on any atom is 0.410 e. The molecule has 5 saturated heterocycles. The Balaban J connectivity index is 0.951. The van der Waals surface area contributed by atoms with Crippen molar-refractivity contribution in [3.63, 3.8) is 0 Å². The standard InChI is InChI=1S/C63H87N9O7/c1-9-71-53-22-21-45-33-48(53)50(56(71)49-34-47(36-64-54(49)41(2)77-8)68-30-29-67-25-13-19-46(67)37-68)35-62(6,7)40-78-59(75)51-20-14-26-72(66-51)58(74)52(32-42-15-12-18-44(45)31-42)65-57(73)55(43-16-10-11-17-43)69-27-23-63(38-69)24-28-70(39-63)60(76)79-61(3,4)5/h12,15,18,21-22,31,33-34,36,41,43,46,51-52,55,66H,9-11,13-14,16-17,19-20,23-30,32,35,37-40H2,1-8H3,(H,65,73)/t41-,46+,51-,52-,55-,63-/m0/s1. The summed E-state index contributed by atoms with van der Waals surface area (Å²) < 4.78 is 20.6. The second kappa shape index (κ2) is 22.4. The molecule has 6 bridgehead atoms. The highest BCUT2D eigenvalue weighted by Gasteiger charge is 2.50. The van der Waals surface area contributed by atoms with Crippen LogP contribution in [0.5, 0.6) is 0 Å². The van der Waals surface area contributed by atoms with Gasteiger partial charge in [-0.05, 0) is 152 Å². The number of carbonyl (C=O) groups excluding carboxylic acids is 4. The Bertz CT molecular complexity index is 2930. The topological polar surface area (TPSA) is 154 Å². The SMILES string of the molecule is CCn1c(-c2cc(N3CCN4CCC[C@@H]4C3)cnc2[C@H](C)OC)c2c3cc(ccc31)-c1cccc(c1)C[C@H](NC(=O)[C@H](C1CCCC1)N1CC[C@]3(CCN(C(=O)OC(C)(C)C)C3)C1)C(=O)N1CCC[C@H](N1)C(=O)OCC(C)(C)C2. The van der Waals surface area contributed by atoms with Gasteiger partial charge in [-0.2, -0.15) is 0 Å². The maximum absolute atomic E-state index is 15.3. The van der Waals surface area contributed by atoms with Gasteiger partial charge in [0, 0.05) is 99.2 Å². The smallest absolute Gasteiger partial charge is 0.410 e. The summed E-state index contributed by atoms with van der Waals surface area (Å²) in [5.74, 6) is -0.647. The molecule has 6 aliphatic heterocycles. The van der Waals surface area contributed by atoms with Crippen molar-refractivity contribution >= 4 is 40.5 Å². The average molecular weight is 1080 g/mol. The van der Waals surface area contributed by atoms with Crippen LogP contribution in [-0.4, -0.2) is 156 Å². The fourth-order valence-corrected chi connectivity index (χ4v) is 14.6. The van der Waals surface area contributed by atoms with E-state index in [-0.39, 0.29) is 48.4 Å². The summed E-state index contributed by atoms with van der Waals surface area (Å²) >= 11 is 0. The number of rotatable bonds is 9. The molecule has 3 amide bonds. The van der Waals surface area contributed by atoms with Gasteiger partial charge in [-0.1, -0.05) is 57.0 Å². The van der Waals surface area contributed by atoms with Gasteiger partial charge in [0.2, 0.25) is 5.91 Å². The number of fused-ring (bicyclic) bond motifs is 7. The highest BCUT2D eigenvalue weighted by atomic mass is 16.6. The number of pyridine rings is 1. The monoisotopic (exact) mass is 1080 g/mol. The van der Waals surface area contributed by atoms with Crippen molar-refractivity contribution < 1.29 is 33.4 Å². The number of benzene rings is 2. The van der Waals surface area contributed by atoms with Crippen molar-refractivity contribution in [2.24, 2.45) is 16.7 Å². The molecule has 79 heavy (non-hydrogen) atoms. The number of hydrogen-bond donors (Lipinski definition) is 2. The molecule has 8 heterocycles. The first kappa shape index (κ1) is 55.4. The summed E-state index contributed by atoms with van der Waals surface area (Å²) in [5, 5.41) is 6.07. The number of methoxy groups -OCH3 is 1. The van der Waals surface area contributed by atoms with Crippen LogP contribution in [0.15, 0.2) is 54.7 Å². The van der Waals surface area contributed by atoms with E-state index in [2.05, 4.69) is 106 Å². The van der Waals surface area contributed by atoms with E-state index in [1.54, 1.807) is 12.1 Å². The molecule has 6 atom stereocenters. The van der Waals surface area contributed by atoms with Crippen molar-refractivity contribution in [3.8, 4) is 22.4 Å². The van der Waals surface area contributed by atoms with Crippen LogP contribution in [0.25, 0.3) is 33.3 Å². The van der Waals surface area contributed by atoms with Crippen LogP contribution in [0.3, 0.4) is 0 Å². The molecule has 0 unspecified atom stereocenters. The Labute approximate surface area is 468 Å². The number of cyclic esters (lactones) is 1. The Kier molecular flexibility index (Phi) is 15.7. The van der Waals surface area contributed by atoms with Gasteiger partial charge in [-0.25, -0.2) is 10.2 Å². The zero-order chi connectivity index (χ0) is 55.4.